The zero-order chi connectivity index (χ0) is 13.8. The number of nitrogens with zero attached hydrogens (tertiary/aromatic N) is 1. The van der Waals surface area contributed by atoms with E-state index in [9.17, 15) is 10.1 Å². The summed E-state index contributed by atoms with van der Waals surface area (Å²) < 4.78 is 0.744. The molecule has 1 N–H and O–H groups in total. The molecule has 5 heteroatoms. The van der Waals surface area contributed by atoms with Gasteiger partial charge in [0, 0.05) is 28.7 Å². The Morgan fingerprint density at radius 3 is 2.84 bits per heavy atom. The highest BCUT2D eigenvalue weighted by atomic mass is 79.9. The van der Waals surface area contributed by atoms with Gasteiger partial charge in [-0.15, -0.1) is 0 Å². The van der Waals surface area contributed by atoms with Crippen LogP contribution >= 0.6 is 15.9 Å². The van der Waals surface area contributed by atoms with Crippen molar-refractivity contribution < 1.29 is 4.92 Å². The van der Waals surface area contributed by atoms with Gasteiger partial charge >= 0.3 is 0 Å². The molecule has 0 amide bonds. The first kappa shape index (κ1) is 14.5. The van der Waals surface area contributed by atoms with Crippen LogP contribution in [0.4, 0.5) is 5.69 Å². The number of nitro benzene ring substituents is 1. The van der Waals surface area contributed by atoms with E-state index in [0.717, 1.165) is 10.0 Å². The zero-order valence-corrected chi connectivity index (χ0v) is 12.6. The van der Waals surface area contributed by atoms with E-state index in [-0.39, 0.29) is 10.6 Å². The van der Waals surface area contributed by atoms with Gasteiger partial charge in [-0.1, -0.05) is 35.7 Å². The van der Waals surface area contributed by atoms with Crippen LogP contribution in [0.2, 0.25) is 0 Å². The average Bonchev–Trinajstić information content (AvgIpc) is 2.38. The number of hydrogen-bond acceptors (Lipinski definition) is 3. The Labute approximate surface area is 121 Å². The number of rotatable bonds is 4. The lowest BCUT2D eigenvalue weighted by Gasteiger charge is -2.29. The van der Waals surface area contributed by atoms with Crippen LogP contribution in [0.3, 0.4) is 0 Å². The van der Waals surface area contributed by atoms with E-state index < -0.39 is 0 Å². The van der Waals surface area contributed by atoms with Crippen LogP contribution in [0.25, 0.3) is 0 Å². The van der Waals surface area contributed by atoms with Gasteiger partial charge < -0.3 is 5.32 Å². The van der Waals surface area contributed by atoms with Crippen LogP contribution in [0, 0.1) is 16.0 Å². The lowest BCUT2D eigenvalue weighted by molar-refractivity contribution is -0.385. The lowest BCUT2D eigenvalue weighted by atomic mass is 9.86. The van der Waals surface area contributed by atoms with Crippen molar-refractivity contribution in [2.24, 2.45) is 5.92 Å². The van der Waals surface area contributed by atoms with Gasteiger partial charge in [-0.3, -0.25) is 10.1 Å². The number of nitrogens with one attached hydrogen (secondary N) is 1. The molecule has 2 unspecified atom stereocenters. The van der Waals surface area contributed by atoms with Crippen LogP contribution in [0.5, 0.6) is 0 Å². The van der Waals surface area contributed by atoms with Crippen molar-refractivity contribution in [2.75, 3.05) is 0 Å². The minimum Gasteiger partial charge on any atom is -0.309 e. The third kappa shape index (κ3) is 3.76. The molecular formula is C14H19BrN2O2. The second-order valence-corrected chi connectivity index (χ2v) is 6.19. The molecule has 4 nitrogen and oxygen atoms in total. The summed E-state index contributed by atoms with van der Waals surface area (Å²) in [6.07, 6.45) is 4.98. The van der Waals surface area contributed by atoms with Gasteiger partial charge in [0.2, 0.25) is 0 Å². The molecule has 1 aliphatic carbocycles. The SMILES string of the molecule is CC1CCCCC1NCc1ccc(Br)cc1[N+](=O)[O-]. The van der Waals surface area contributed by atoms with Gasteiger partial charge in [0.15, 0.2) is 0 Å². The van der Waals surface area contributed by atoms with Crippen molar-refractivity contribution in [3.63, 3.8) is 0 Å². The van der Waals surface area contributed by atoms with Gasteiger partial charge in [-0.25, -0.2) is 0 Å². The molecule has 0 aliphatic heterocycles. The van der Waals surface area contributed by atoms with Crippen molar-refractivity contribution >= 4 is 21.6 Å². The lowest BCUT2D eigenvalue weighted by Crippen LogP contribution is -2.36. The third-order valence-electron chi connectivity index (χ3n) is 3.91. The molecule has 0 radical (unpaired) electrons. The summed E-state index contributed by atoms with van der Waals surface area (Å²) in [7, 11) is 0. The Kier molecular flexibility index (Phi) is 4.93. The summed E-state index contributed by atoms with van der Waals surface area (Å²) >= 11 is 3.28. The van der Waals surface area contributed by atoms with Crippen LogP contribution in [0.1, 0.15) is 38.2 Å². The predicted molar refractivity (Wildman–Crippen MR) is 79.1 cm³/mol. The van der Waals surface area contributed by atoms with Crippen molar-refractivity contribution in [1.82, 2.24) is 5.32 Å². The molecule has 1 aromatic rings. The summed E-state index contributed by atoms with van der Waals surface area (Å²) in [5.74, 6) is 0.656. The van der Waals surface area contributed by atoms with E-state index in [1.807, 2.05) is 12.1 Å². The second kappa shape index (κ2) is 6.48. The smallest absolute Gasteiger partial charge is 0.275 e. The van der Waals surface area contributed by atoms with Crippen LogP contribution in [0.15, 0.2) is 22.7 Å². The topological polar surface area (TPSA) is 55.2 Å². The first-order chi connectivity index (χ1) is 9.08. The highest BCUT2D eigenvalue weighted by Crippen LogP contribution is 2.26. The standard InChI is InChI=1S/C14H19BrN2O2/c1-10-4-2-3-5-13(10)16-9-11-6-7-12(15)8-14(11)17(18)19/h6-8,10,13,16H,2-5,9H2,1H3. The Hall–Kier alpha value is -0.940. The van der Waals surface area contributed by atoms with E-state index in [4.69, 9.17) is 0 Å². The van der Waals surface area contributed by atoms with Gasteiger partial charge in [0.1, 0.15) is 0 Å². The molecular weight excluding hydrogens is 308 g/mol. The minimum absolute atomic E-state index is 0.185. The van der Waals surface area contributed by atoms with Gasteiger partial charge in [0.25, 0.3) is 5.69 Å². The molecule has 2 rings (SSSR count). The van der Waals surface area contributed by atoms with Crippen LogP contribution in [-0.4, -0.2) is 11.0 Å². The Morgan fingerprint density at radius 2 is 2.16 bits per heavy atom. The molecule has 0 saturated heterocycles. The van der Waals surface area contributed by atoms with Crippen molar-refractivity contribution in [3.05, 3.63) is 38.3 Å². The molecule has 1 fully saturated rings. The fourth-order valence-electron chi connectivity index (χ4n) is 2.72. The molecule has 2 atom stereocenters. The number of benzene rings is 1. The number of nitro groups is 1. The van der Waals surface area contributed by atoms with E-state index in [2.05, 4.69) is 28.2 Å². The molecule has 0 bridgehead atoms. The number of halogens is 1. The minimum atomic E-state index is -0.313. The summed E-state index contributed by atoms with van der Waals surface area (Å²) in [5.41, 5.74) is 0.941. The average molecular weight is 327 g/mol. The van der Waals surface area contributed by atoms with Crippen molar-refractivity contribution in [1.29, 1.82) is 0 Å². The molecule has 104 valence electrons. The fourth-order valence-corrected chi connectivity index (χ4v) is 3.07. The Morgan fingerprint density at radius 1 is 1.42 bits per heavy atom. The Bertz CT molecular complexity index is 465. The van der Waals surface area contributed by atoms with Crippen LogP contribution < -0.4 is 5.32 Å². The van der Waals surface area contributed by atoms with E-state index in [1.165, 1.54) is 25.7 Å². The van der Waals surface area contributed by atoms with Crippen molar-refractivity contribution in [2.45, 2.75) is 45.2 Å². The van der Waals surface area contributed by atoms with Gasteiger partial charge in [0.05, 0.1) is 4.92 Å². The molecule has 1 saturated carbocycles. The molecule has 0 heterocycles. The normalized spacial score (nSPS) is 23.3. The highest BCUT2D eigenvalue weighted by molar-refractivity contribution is 9.10. The monoisotopic (exact) mass is 326 g/mol. The molecule has 0 aromatic heterocycles. The molecule has 1 aliphatic rings. The van der Waals surface area contributed by atoms with E-state index >= 15 is 0 Å². The van der Waals surface area contributed by atoms with Crippen LogP contribution in [-0.2, 0) is 6.54 Å². The van der Waals surface area contributed by atoms with Gasteiger partial charge in [-0.2, -0.15) is 0 Å². The maximum atomic E-state index is 11.0. The summed E-state index contributed by atoms with van der Waals surface area (Å²) in [4.78, 5) is 10.7. The Balaban J connectivity index is 2.04. The van der Waals surface area contributed by atoms with E-state index in [0.29, 0.717) is 18.5 Å². The molecule has 0 spiro atoms. The summed E-state index contributed by atoms with van der Waals surface area (Å²) in [6.45, 7) is 2.82. The summed E-state index contributed by atoms with van der Waals surface area (Å²) in [6, 6.07) is 5.73. The maximum absolute atomic E-state index is 11.0. The quantitative estimate of drug-likeness (QED) is 0.671. The second-order valence-electron chi connectivity index (χ2n) is 5.28. The largest absolute Gasteiger partial charge is 0.309 e. The summed E-state index contributed by atoms with van der Waals surface area (Å²) in [5, 5.41) is 14.5. The molecule has 19 heavy (non-hydrogen) atoms. The highest BCUT2D eigenvalue weighted by Gasteiger charge is 2.22. The fraction of sp³-hybridized carbons (Fsp3) is 0.571. The maximum Gasteiger partial charge on any atom is 0.275 e. The molecule has 1 aromatic carbocycles. The first-order valence-corrected chi connectivity index (χ1v) is 7.53. The van der Waals surface area contributed by atoms with Gasteiger partial charge in [-0.05, 0) is 30.9 Å². The third-order valence-corrected chi connectivity index (χ3v) is 4.40. The predicted octanol–water partition coefficient (Wildman–Crippen LogP) is 4.03. The zero-order valence-electron chi connectivity index (χ0n) is 11.1. The number of hydrogen-bond donors (Lipinski definition) is 1. The van der Waals surface area contributed by atoms with E-state index in [1.54, 1.807) is 6.07 Å². The first-order valence-electron chi connectivity index (χ1n) is 6.74. The van der Waals surface area contributed by atoms with Crippen molar-refractivity contribution in [3.8, 4) is 0 Å².